The first-order chi connectivity index (χ1) is 13.8. The summed E-state index contributed by atoms with van der Waals surface area (Å²) in [6.07, 6.45) is -2.74. The van der Waals surface area contributed by atoms with Crippen molar-refractivity contribution in [1.29, 1.82) is 0 Å². The molecular formula is C20H15F3N4OS. The van der Waals surface area contributed by atoms with E-state index in [1.807, 2.05) is 11.0 Å². The quantitative estimate of drug-likeness (QED) is 0.486. The molecule has 0 atom stereocenters. The second-order valence-electron chi connectivity index (χ2n) is 6.58. The van der Waals surface area contributed by atoms with Gasteiger partial charge in [-0.1, -0.05) is 12.1 Å². The van der Waals surface area contributed by atoms with Crippen molar-refractivity contribution in [3.05, 3.63) is 77.1 Å². The molecule has 1 N–H and O–H groups in total. The van der Waals surface area contributed by atoms with Gasteiger partial charge in [-0.2, -0.15) is 13.2 Å². The predicted octanol–water partition coefficient (Wildman–Crippen LogP) is 4.56. The molecular weight excluding hydrogens is 401 g/mol. The minimum Gasteiger partial charge on any atom is -0.361 e. The summed E-state index contributed by atoms with van der Waals surface area (Å²) in [5.41, 5.74) is 2.28. The molecule has 29 heavy (non-hydrogen) atoms. The molecule has 2 aromatic carbocycles. The molecule has 0 saturated heterocycles. The van der Waals surface area contributed by atoms with Crippen LogP contribution >= 0.6 is 12.6 Å². The first-order valence-electron chi connectivity index (χ1n) is 8.67. The van der Waals surface area contributed by atoms with Crippen molar-refractivity contribution < 1.29 is 18.0 Å². The topological polar surface area (TPSA) is 58.1 Å². The number of carbonyl (C=O) groups excluding carboxylic acids is 1. The lowest BCUT2D eigenvalue weighted by atomic mass is 10.1. The molecule has 148 valence electrons. The van der Waals surface area contributed by atoms with E-state index in [2.05, 4.69) is 27.9 Å². The molecule has 1 aliphatic rings. The zero-order valence-corrected chi connectivity index (χ0v) is 15.8. The summed E-state index contributed by atoms with van der Waals surface area (Å²) >= 11 is 4.15. The first-order valence-corrected chi connectivity index (χ1v) is 9.12. The van der Waals surface area contributed by atoms with Crippen molar-refractivity contribution >= 4 is 29.9 Å². The third-order valence-electron chi connectivity index (χ3n) is 4.56. The van der Waals surface area contributed by atoms with Gasteiger partial charge in [0, 0.05) is 35.2 Å². The zero-order valence-electron chi connectivity index (χ0n) is 14.9. The average molecular weight is 416 g/mol. The maximum Gasteiger partial charge on any atom is 0.416 e. The van der Waals surface area contributed by atoms with E-state index in [0.717, 1.165) is 29.1 Å². The predicted molar refractivity (Wildman–Crippen MR) is 105 cm³/mol. The lowest BCUT2D eigenvalue weighted by Crippen LogP contribution is -2.17. The van der Waals surface area contributed by atoms with Gasteiger partial charge < -0.3 is 10.2 Å². The molecule has 3 aromatic rings. The highest BCUT2D eigenvalue weighted by molar-refractivity contribution is 7.80. The summed E-state index contributed by atoms with van der Waals surface area (Å²) in [6.45, 7) is 1.16. The third-order valence-corrected chi connectivity index (χ3v) is 4.78. The summed E-state index contributed by atoms with van der Waals surface area (Å²) in [5.74, 6) is -0.486. The largest absolute Gasteiger partial charge is 0.416 e. The minimum absolute atomic E-state index is 0.0837. The monoisotopic (exact) mass is 416 g/mol. The molecule has 1 amide bonds. The van der Waals surface area contributed by atoms with Gasteiger partial charge in [-0.05, 0) is 36.4 Å². The number of thiol groups is 1. The number of nitrogens with zero attached hydrogens (tertiary/aromatic N) is 3. The van der Waals surface area contributed by atoms with Crippen molar-refractivity contribution in [3.63, 3.8) is 0 Å². The smallest absolute Gasteiger partial charge is 0.361 e. The number of hydrogen-bond acceptors (Lipinski definition) is 5. The van der Waals surface area contributed by atoms with Crippen molar-refractivity contribution in [2.24, 2.45) is 0 Å². The summed E-state index contributed by atoms with van der Waals surface area (Å²) in [4.78, 5) is 23.0. The Labute approximate surface area is 170 Å². The number of hydrogen-bond donors (Lipinski definition) is 2. The van der Waals surface area contributed by atoms with Gasteiger partial charge >= 0.3 is 6.18 Å². The van der Waals surface area contributed by atoms with Crippen LogP contribution in [0.25, 0.3) is 0 Å². The number of nitrogens with one attached hydrogen (secondary N) is 1. The number of rotatable bonds is 3. The Morgan fingerprint density at radius 1 is 1.10 bits per heavy atom. The van der Waals surface area contributed by atoms with Crippen LogP contribution in [0.3, 0.4) is 0 Å². The molecule has 1 aliphatic heterocycles. The highest BCUT2D eigenvalue weighted by Gasteiger charge is 2.30. The highest BCUT2D eigenvalue weighted by atomic mass is 32.1. The number of halogens is 3. The fourth-order valence-corrected chi connectivity index (χ4v) is 3.32. The molecule has 4 rings (SSSR count). The molecule has 0 bridgehead atoms. The molecule has 0 radical (unpaired) electrons. The van der Waals surface area contributed by atoms with Crippen LogP contribution in [0.1, 0.15) is 27.2 Å². The summed E-state index contributed by atoms with van der Waals surface area (Å²) < 4.78 is 38.6. The molecule has 1 aromatic heterocycles. The Bertz CT molecular complexity index is 1090. The third kappa shape index (κ3) is 4.19. The van der Waals surface area contributed by atoms with Crippen LogP contribution in [0.5, 0.6) is 0 Å². The van der Waals surface area contributed by atoms with Gasteiger partial charge in [0.2, 0.25) is 0 Å². The van der Waals surface area contributed by atoms with E-state index in [0.29, 0.717) is 23.8 Å². The lowest BCUT2D eigenvalue weighted by Gasteiger charge is -2.18. The molecule has 0 unspecified atom stereocenters. The Morgan fingerprint density at radius 3 is 2.69 bits per heavy atom. The summed E-state index contributed by atoms with van der Waals surface area (Å²) in [6, 6.07) is 11.4. The van der Waals surface area contributed by atoms with E-state index >= 15 is 0 Å². The number of benzene rings is 2. The number of alkyl halides is 3. The number of carbonyl (C=O) groups is 1. The molecule has 0 saturated carbocycles. The standard InChI is InChI=1S/C20H15F3N4OS/c21-20(22,23)14-4-2-5-15(8-14)25-18(28)12-3-1-6-16(7-12)27-10-13-9-24-19(29)26-17(13)11-27/h1-9H,10-11H2,(H,25,28)(H,24,26,29). The van der Waals surface area contributed by atoms with E-state index in [9.17, 15) is 18.0 Å². The fraction of sp³-hybridized carbons (Fsp3) is 0.150. The van der Waals surface area contributed by atoms with Gasteiger partial charge in [0.25, 0.3) is 5.91 Å². The lowest BCUT2D eigenvalue weighted by molar-refractivity contribution is -0.137. The fourth-order valence-electron chi connectivity index (χ4n) is 3.15. The summed E-state index contributed by atoms with van der Waals surface area (Å²) in [7, 11) is 0. The van der Waals surface area contributed by atoms with E-state index in [1.54, 1.807) is 24.4 Å². The SMILES string of the molecule is O=C(Nc1cccc(C(F)(F)F)c1)c1cccc(N2Cc3cnc(S)nc3C2)c1. The normalized spacial score (nSPS) is 13.3. The maximum absolute atomic E-state index is 12.9. The van der Waals surface area contributed by atoms with Gasteiger partial charge in [0.05, 0.1) is 17.8 Å². The van der Waals surface area contributed by atoms with Gasteiger partial charge in [0.1, 0.15) is 0 Å². The number of anilines is 2. The Morgan fingerprint density at radius 2 is 1.90 bits per heavy atom. The second kappa shape index (κ2) is 7.40. The average Bonchev–Trinajstić information content (AvgIpc) is 3.11. The van der Waals surface area contributed by atoms with Crippen molar-refractivity contribution in [3.8, 4) is 0 Å². The van der Waals surface area contributed by atoms with Crippen molar-refractivity contribution in [2.45, 2.75) is 24.4 Å². The highest BCUT2D eigenvalue weighted by Crippen LogP contribution is 2.31. The molecule has 9 heteroatoms. The van der Waals surface area contributed by atoms with E-state index in [4.69, 9.17) is 0 Å². The minimum atomic E-state index is -4.47. The summed E-state index contributed by atoms with van der Waals surface area (Å²) in [5, 5.41) is 2.93. The van der Waals surface area contributed by atoms with Crippen LogP contribution in [-0.2, 0) is 19.3 Å². The maximum atomic E-state index is 12.9. The van der Waals surface area contributed by atoms with E-state index in [-0.39, 0.29) is 5.69 Å². The van der Waals surface area contributed by atoms with Crippen molar-refractivity contribution in [2.75, 3.05) is 10.2 Å². The van der Waals surface area contributed by atoms with Gasteiger partial charge in [-0.25, -0.2) is 9.97 Å². The number of amides is 1. The van der Waals surface area contributed by atoms with Crippen LogP contribution in [0.15, 0.2) is 59.9 Å². The van der Waals surface area contributed by atoms with Gasteiger partial charge in [-0.3, -0.25) is 4.79 Å². The molecule has 0 spiro atoms. The molecule has 2 heterocycles. The Hall–Kier alpha value is -3.07. The van der Waals surface area contributed by atoms with Crippen LogP contribution in [0.4, 0.5) is 24.5 Å². The van der Waals surface area contributed by atoms with Crippen LogP contribution in [0, 0.1) is 0 Å². The van der Waals surface area contributed by atoms with Crippen LogP contribution < -0.4 is 10.2 Å². The first kappa shape index (κ1) is 19.3. The number of fused-ring (bicyclic) bond motifs is 1. The molecule has 5 nitrogen and oxygen atoms in total. The van der Waals surface area contributed by atoms with Gasteiger partial charge in [0.15, 0.2) is 5.16 Å². The zero-order chi connectivity index (χ0) is 20.6. The molecule has 0 fully saturated rings. The van der Waals surface area contributed by atoms with E-state index in [1.165, 1.54) is 12.1 Å². The van der Waals surface area contributed by atoms with Crippen LogP contribution in [-0.4, -0.2) is 15.9 Å². The van der Waals surface area contributed by atoms with E-state index < -0.39 is 17.6 Å². The van der Waals surface area contributed by atoms with Crippen LogP contribution in [0.2, 0.25) is 0 Å². The Balaban J connectivity index is 1.51. The Kier molecular flexibility index (Phi) is 4.91. The van der Waals surface area contributed by atoms with Gasteiger partial charge in [-0.15, -0.1) is 12.6 Å². The number of aromatic nitrogens is 2. The second-order valence-corrected chi connectivity index (χ2v) is 6.98. The van der Waals surface area contributed by atoms with Crippen molar-refractivity contribution in [1.82, 2.24) is 9.97 Å². The molecule has 0 aliphatic carbocycles.